The van der Waals surface area contributed by atoms with E-state index >= 15 is 0 Å². The lowest BCUT2D eigenvalue weighted by Crippen LogP contribution is -3.15. The molecule has 7 heteroatoms. The maximum atomic E-state index is 12.6. The van der Waals surface area contributed by atoms with E-state index in [1.54, 1.807) is 6.92 Å². The van der Waals surface area contributed by atoms with Crippen LogP contribution in [0.5, 0.6) is 0 Å². The Morgan fingerprint density at radius 2 is 1.64 bits per heavy atom. The van der Waals surface area contributed by atoms with Crippen LogP contribution in [-0.2, 0) is 9.59 Å². The molecule has 2 amide bonds. The number of quaternary nitrogens is 1. The van der Waals surface area contributed by atoms with Crippen molar-refractivity contribution in [3.63, 3.8) is 0 Å². The largest absolute Gasteiger partial charge is 0.367 e. The van der Waals surface area contributed by atoms with Crippen LogP contribution in [0.3, 0.4) is 0 Å². The molecule has 2 aliphatic rings. The molecule has 2 fully saturated rings. The van der Waals surface area contributed by atoms with Crippen LogP contribution in [0.1, 0.15) is 6.92 Å². The van der Waals surface area contributed by atoms with Gasteiger partial charge in [0, 0.05) is 33.1 Å². The Morgan fingerprint density at radius 1 is 1.00 bits per heavy atom. The van der Waals surface area contributed by atoms with Crippen LogP contribution >= 0.6 is 11.6 Å². The lowest BCUT2D eigenvalue weighted by molar-refractivity contribution is -0.896. The lowest BCUT2D eigenvalue weighted by atomic mass is 10.2. The Labute approximate surface area is 153 Å². The van der Waals surface area contributed by atoms with Crippen LogP contribution < -0.4 is 9.80 Å². The van der Waals surface area contributed by atoms with Crippen LogP contribution in [0.25, 0.3) is 0 Å². The molecule has 2 aliphatic heterocycles. The van der Waals surface area contributed by atoms with Gasteiger partial charge in [0.15, 0.2) is 6.54 Å². The molecule has 3 rings (SSSR count). The van der Waals surface area contributed by atoms with E-state index < -0.39 is 0 Å². The molecule has 0 aromatic heterocycles. The Kier molecular flexibility index (Phi) is 5.81. The second-order valence-corrected chi connectivity index (χ2v) is 7.16. The van der Waals surface area contributed by atoms with E-state index in [0.29, 0.717) is 6.54 Å². The van der Waals surface area contributed by atoms with E-state index in [4.69, 9.17) is 11.6 Å². The highest BCUT2D eigenvalue weighted by Crippen LogP contribution is 2.25. The summed E-state index contributed by atoms with van der Waals surface area (Å²) >= 11 is 6.27. The Balaban J connectivity index is 1.46. The first-order valence-electron chi connectivity index (χ1n) is 8.91. The van der Waals surface area contributed by atoms with Gasteiger partial charge in [0.1, 0.15) is 0 Å². The highest BCUT2D eigenvalue weighted by atomic mass is 35.5. The summed E-state index contributed by atoms with van der Waals surface area (Å²) in [6, 6.07) is 7.85. The third-order valence-electron chi connectivity index (χ3n) is 5.14. The highest BCUT2D eigenvalue weighted by molar-refractivity contribution is 6.33. The smallest absolute Gasteiger partial charge is 0.277 e. The summed E-state index contributed by atoms with van der Waals surface area (Å²) in [6.45, 7) is 8.42. The predicted molar refractivity (Wildman–Crippen MR) is 98.1 cm³/mol. The SMILES string of the molecule is CC(=O)N1CC[NH+](CC(=O)N2CCN(c3ccccc3Cl)CC2)CC1. The van der Waals surface area contributed by atoms with Gasteiger partial charge in [-0.15, -0.1) is 0 Å². The average molecular weight is 366 g/mol. The van der Waals surface area contributed by atoms with E-state index in [9.17, 15) is 9.59 Å². The number of carbonyl (C=O) groups excluding carboxylic acids is 2. The molecule has 0 aliphatic carbocycles. The second-order valence-electron chi connectivity index (χ2n) is 6.75. The minimum Gasteiger partial charge on any atom is -0.367 e. The van der Waals surface area contributed by atoms with Gasteiger partial charge in [0.25, 0.3) is 5.91 Å². The third-order valence-corrected chi connectivity index (χ3v) is 5.46. The van der Waals surface area contributed by atoms with Crippen molar-refractivity contribution in [1.29, 1.82) is 0 Å². The van der Waals surface area contributed by atoms with Crippen LogP contribution in [0.2, 0.25) is 5.02 Å². The van der Waals surface area contributed by atoms with Gasteiger partial charge in [-0.3, -0.25) is 9.59 Å². The number of nitrogens with zero attached hydrogens (tertiary/aromatic N) is 3. The molecule has 0 atom stereocenters. The summed E-state index contributed by atoms with van der Waals surface area (Å²) in [4.78, 5) is 31.3. The van der Waals surface area contributed by atoms with Crippen molar-refractivity contribution < 1.29 is 14.5 Å². The minimum atomic E-state index is 0.126. The zero-order chi connectivity index (χ0) is 17.8. The topological polar surface area (TPSA) is 48.3 Å². The van der Waals surface area contributed by atoms with Crippen molar-refractivity contribution in [2.75, 3.05) is 63.8 Å². The Bertz CT molecular complexity index is 623. The number of piperazine rings is 2. The number of carbonyl (C=O) groups is 2. The lowest BCUT2D eigenvalue weighted by Gasteiger charge is -2.37. The summed E-state index contributed by atoms with van der Waals surface area (Å²) < 4.78 is 0. The molecule has 0 bridgehead atoms. The normalized spacial score (nSPS) is 19.2. The van der Waals surface area contributed by atoms with Gasteiger partial charge in [-0.05, 0) is 12.1 Å². The molecular formula is C18H26ClN4O2+. The van der Waals surface area contributed by atoms with E-state index in [-0.39, 0.29) is 11.8 Å². The maximum Gasteiger partial charge on any atom is 0.277 e. The van der Waals surface area contributed by atoms with Gasteiger partial charge < -0.3 is 19.6 Å². The maximum absolute atomic E-state index is 12.6. The van der Waals surface area contributed by atoms with Crippen molar-refractivity contribution in [3.05, 3.63) is 29.3 Å². The number of anilines is 1. The molecule has 0 spiro atoms. The number of halogens is 1. The van der Waals surface area contributed by atoms with Crippen molar-refractivity contribution >= 4 is 29.1 Å². The number of hydrogen-bond donors (Lipinski definition) is 1. The van der Waals surface area contributed by atoms with Gasteiger partial charge in [0.05, 0.1) is 36.9 Å². The fourth-order valence-corrected chi connectivity index (χ4v) is 3.80. The molecule has 0 saturated carbocycles. The van der Waals surface area contributed by atoms with Gasteiger partial charge in [-0.25, -0.2) is 0 Å². The van der Waals surface area contributed by atoms with Crippen molar-refractivity contribution in [2.45, 2.75) is 6.92 Å². The summed E-state index contributed by atoms with van der Waals surface area (Å²) in [5.74, 6) is 0.339. The Hall–Kier alpha value is -1.79. The third kappa shape index (κ3) is 4.44. The van der Waals surface area contributed by atoms with Crippen LogP contribution in [-0.4, -0.2) is 80.5 Å². The van der Waals surface area contributed by atoms with Crippen molar-refractivity contribution in [3.8, 4) is 0 Å². The summed E-state index contributed by atoms with van der Waals surface area (Å²) in [6.07, 6.45) is 0. The van der Waals surface area contributed by atoms with Crippen molar-refractivity contribution in [2.24, 2.45) is 0 Å². The molecule has 1 aromatic rings. The summed E-state index contributed by atoms with van der Waals surface area (Å²) in [5, 5.41) is 0.759. The van der Waals surface area contributed by atoms with E-state index in [1.165, 1.54) is 4.90 Å². The molecular weight excluding hydrogens is 340 g/mol. The van der Waals surface area contributed by atoms with Crippen LogP contribution in [0, 0.1) is 0 Å². The molecule has 0 unspecified atom stereocenters. The second kappa shape index (κ2) is 8.06. The van der Waals surface area contributed by atoms with E-state index in [2.05, 4.69) is 4.90 Å². The van der Waals surface area contributed by atoms with Gasteiger partial charge >= 0.3 is 0 Å². The van der Waals surface area contributed by atoms with Gasteiger partial charge in [-0.2, -0.15) is 0 Å². The fraction of sp³-hybridized carbons (Fsp3) is 0.556. The van der Waals surface area contributed by atoms with E-state index in [0.717, 1.165) is 63.1 Å². The molecule has 6 nitrogen and oxygen atoms in total. The summed E-state index contributed by atoms with van der Waals surface area (Å²) in [7, 11) is 0. The summed E-state index contributed by atoms with van der Waals surface area (Å²) in [5.41, 5.74) is 1.04. The van der Waals surface area contributed by atoms with E-state index in [1.807, 2.05) is 34.1 Å². The zero-order valence-corrected chi connectivity index (χ0v) is 15.5. The van der Waals surface area contributed by atoms with Crippen LogP contribution in [0.15, 0.2) is 24.3 Å². The predicted octanol–water partition coefficient (Wildman–Crippen LogP) is -0.264. The number of para-hydroxylation sites is 1. The molecule has 2 saturated heterocycles. The molecule has 1 N–H and O–H groups in total. The number of amides is 2. The average Bonchev–Trinajstić information content (AvgIpc) is 2.63. The molecule has 2 heterocycles. The first-order valence-corrected chi connectivity index (χ1v) is 9.28. The first kappa shape index (κ1) is 18.0. The highest BCUT2D eigenvalue weighted by Gasteiger charge is 2.27. The number of hydrogen-bond acceptors (Lipinski definition) is 3. The minimum absolute atomic E-state index is 0.126. The molecule has 25 heavy (non-hydrogen) atoms. The van der Waals surface area contributed by atoms with Crippen LogP contribution in [0.4, 0.5) is 5.69 Å². The monoisotopic (exact) mass is 365 g/mol. The standard InChI is InChI=1S/C18H25ClN4O2/c1-15(24)21-8-6-20(7-9-21)14-18(25)23-12-10-22(11-13-23)17-5-3-2-4-16(17)19/h2-5H,6-14H2,1H3/p+1. The molecule has 0 radical (unpaired) electrons. The quantitative estimate of drug-likeness (QED) is 0.802. The number of benzene rings is 1. The van der Waals surface area contributed by atoms with Gasteiger partial charge in [-0.1, -0.05) is 23.7 Å². The molecule has 136 valence electrons. The van der Waals surface area contributed by atoms with Gasteiger partial charge in [0.2, 0.25) is 5.91 Å². The Morgan fingerprint density at radius 3 is 2.24 bits per heavy atom. The fourth-order valence-electron chi connectivity index (χ4n) is 3.55. The molecule has 1 aromatic carbocycles. The number of rotatable bonds is 3. The zero-order valence-electron chi connectivity index (χ0n) is 14.7. The van der Waals surface area contributed by atoms with Crippen molar-refractivity contribution in [1.82, 2.24) is 9.80 Å². The number of nitrogens with one attached hydrogen (secondary N) is 1. The first-order chi connectivity index (χ1) is 12.0.